The second kappa shape index (κ2) is 8.02. The molecule has 27 heavy (non-hydrogen) atoms. The number of hydrogen-bond donors (Lipinski definition) is 2. The van der Waals surface area contributed by atoms with Crippen LogP contribution in [0.2, 0.25) is 5.02 Å². The molecule has 0 amide bonds. The van der Waals surface area contributed by atoms with Gasteiger partial charge in [0.25, 0.3) is 0 Å². The maximum Gasteiger partial charge on any atom is 0.231 e. The summed E-state index contributed by atoms with van der Waals surface area (Å²) in [6, 6.07) is 13.0. The quantitative estimate of drug-likeness (QED) is 0.463. The fourth-order valence-electron chi connectivity index (χ4n) is 2.71. The lowest BCUT2D eigenvalue weighted by Crippen LogP contribution is -2.24. The number of hydrogen-bond acceptors (Lipinski definition) is 3. The number of fused-ring (bicyclic) bond motifs is 1. The Morgan fingerprint density at radius 1 is 1.26 bits per heavy atom. The van der Waals surface area contributed by atoms with Gasteiger partial charge in [0.1, 0.15) is 0 Å². The Labute approximate surface area is 163 Å². The first-order chi connectivity index (χ1) is 12.8. The second-order valence-electron chi connectivity index (χ2n) is 6.21. The molecule has 0 atom stereocenters. The van der Waals surface area contributed by atoms with Gasteiger partial charge < -0.3 is 10.3 Å². The van der Waals surface area contributed by atoms with Crippen molar-refractivity contribution in [3.05, 3.63) is 59.2 Å². The normalized spacial score (nSPS) is 12.0. The summed E-state index contributed by atoms with van der Waals surface area (Å²) in [7, 11) is -1.74. The van der Waals surface area contributed by atoms with Crippen LogP contribution in [0.15, 0.2) is 53.7 Å². The van der Waals surface area contributed by atoms with Gasteiger partial charge in [0.2, 0.25) is 10.0 Å². The third-order valence-electron chi connectivity index (χ3n) is 4.27. The Morgan fingerprint density at radius 2 is 2.07 bits per heavy atom. The van der Waals surface area contributed by atoms with Gasteiger partial charge in [-0.2, -0.15) is 0 Å². The number of aromatic nitrogens is 1. The molecule has 3 aromatic rings. The topological polar surface area (TPSA) is 77.6 Å². The average molecular weight is 405 g/mol. The maximum absolute atomic E-state index is 11.8. The molecule has 0 aliphatic heterocycles. The predicted molar refractivity (Wildman–Crippen MR) is 114 cm³/mol. The highest BCUT2D eigenvalue weighted by atomic mass is 35.5. The molecule has 6 nitrogen and oxygen atoms in total. The molecule has 2 N–H and O–H groups in total. The van der Waals surface area contributed by atoms with E-state index >= 15 is 0 Å². The van der Waals surface area contributed by atoms with Crippen molar-refractivity contribution < 1.29 is 8.42 Å². The number of H-pyrrole nitrogens is 1. The molecule has 1 heterocycles. The Bertz CT molecular complexity index is 1080. The first kappa shape index (κ1) is 19.3. The van der Waals surface area contributed by atoms with E-state index in [-0.39, 0.29) is 0 Å². The average Bonchev–Trinajstić information content (AvgIpc) is 3.02. The van der Waals surface area contributed by atoms with E-state index in [0.29, 0.717) is 17.3 Å². The second-order valence-corrected chi connectivity index (χ2v) is 8.66. The number of sulfonamides is 1. The van der Waals surface area contributed by atoms with E-state index in [1.807, 2.05) is 42.6 Å². The van der Waals surface area contributed by atoms with E-state index in [1.54, 1.807) is 19.5 Å². The van der Waals surface area contributed by atoms with Gasteiger partial charge in [-0.1, -0.05) is 17.7 Å². The van der Waals surface area contributed by atoms with Gasteiger partial charge in [-0.15, -0.1) is 0 Å². The first-order valence-electron chi connectivity index (χ1n) is 8.39. The molecule has 8 heteroatoms. The van der Waals surface area contributed by atoms with Crippen LogP contribution in [0.1, 0.15) is 5.56 Å². The molecule has 0 unspecified atom stereocenters. The Morgan fingerprint density at radius 3 is 2.81 bits per heavy atom. The highest BCUT2D eigenvalue weighted by molar-refractivity contribution is 7.92. The van der Waals surface area contributed by atoms with Crippen LogP contribution in [0.5, 0.6) is 0 Å². The Hall–Kier alpha value is -2.51. The van der Waals surface area contributed by atoms with Crippen LogP contribution in [-0.2, 0) is 16.4 Å². The molecule has 2 aromatic carbocycles. The number of anilines is 2. The largest absolute Gasteiger partial charge is 0.361 e. The molecule has 0 bridgehead atoms. The molecule has 1 aromatic heterocycles. The summed E-state index contributed by atoms with van der Waals surface area (Å²) in [4.78, 5) is 7.59. The van der Waals surface area contributed by atoms with Gasteiger partial charge in [0.05, 0.1) is 18.3 Å². The molecular formula is C19H21ClN4O2S. The minimum atomic E-state index is -3.29. The van der Waals surface area contributed by atoms with Crippen molar-refractivity contribution in [2.45, 2.75) is 6.42 Å². The lowest BCUT2D eigenvalue weighted by atomic mass is 10.1. The van der Waals surface area contributed by atoms with E-state index in [0.717, 1.165) is 28.6 Å². The minimum absolute atomic E-state index is 0.604. The number of rotatable bonds is 7. The van der Waals surface area contributed by atoms with Crippen molar-refractivity contribution in [1.29, 1.82) is 0 Å². The molecule has 0 spiro atoms. The monoisotopic (exact) mass is 404 g/mol. The van der Waals surface area contributed by atoms with E-state index in [4.69, 9.17) is 11.6 Å². The van der Waals surface area contributed by atoms with Crippen LogP contribution in [0, 0.1) is 0 Å². The third-order valence-corrected chi connectivity index (χ3v) is 5.71. The van der Waals surface area contributed by atoms with Crippen LogP contribution >= 0.6 is 11.6 Å². The third kappa shape index (κ3) is 4.81. The summed E-state index contributed by atoms with van der Waals surface area (Å²) in [5.41, 5.74) is 3.58. The lowest BCUT2D eigenvalue weighted by Gasteiger charge is -2.16. The smallest absolute Gasteiger partial charge is 0.231 e. The van der Waals surface area contributed by atoms with Gasteiger partial charge in [-0.25, -0.2) is 8.42 Å². The minimum Gasteiger partial charge on any atom is -0.361 e. The zero-order valence-electron chi connectivity index (χ0n) is 15.1. The van der Waals surface area contributed by atoms with Crippen LogP contribution in [0.25, 0.3) is 10.9 Å². The summed E-state index contributed by atoms with van der Waals surface area (Å²) < 4.78 is 24.8. The van der Waals surface area contributed by atoms with Crippen molar-refractivity contribution in [2.24, 2.45) is 4.99 Å². The fourth-order valence-corrected chi connectivity index (χ4v) is 3.40. The van der Waals surface area contributed by atoms with Crippen molar-refractivity contribution in [2.75, 3.05) is 29.5 Å². The van der Waals surface area contributed by atoms with Gasteiger partial charge in [0, 0.05) is 41.4 Å². The summed E-state index contributed by atoms with van der Waals surface area (Å²) >= 11 is 5.94. The molecule has 0 aliphatic rings. The van der Waals surface area contributed by atoms with Crippen LogP contribution < -0.4 is 9.62 Å². The maximum atomic E-state index is 11.8. The summed E-state index contributed by atoms with van der Waals surface area (Å²) in [5, 5.41) is 4.76. The number of aliphatic imine (C=N–C) groups is 1. The van der Waals surface area contributed by atoms with Crippen LogP contribution in [-0.4, -0.2) is 39.6 Å². The Balaban J connectivity index is 1.67. The molecule has 0 radical (unpaired) electrons. The fraction of sp³-hybridized carbons (Fsp3) is 0.211. The molecule has 0 saturated heterocycles. The van der Waals surface area contributed by atoms with E-state index in [2.05, 4.69) is 15.3 Å². The number of nitrogens with one attached hydrogen (secondary N) is 2. The molecule has 142 valence electrons. The summed E-state index contributed by atoms with van der Waals surface area (Å²) in [5.74, 6) is 0. The van der Waals surface area contributed by atoms with E-state index in [1.165, 1.54) is 10.6 Å². The van der Waals surface area contributed by atoms with Crippen molar-refractivity contribution in [1.82, 2.24) is 4.98 Å². The van der Waals surface area contributed by atoms with E-state index in [9.17, 15) is 8.42 Å². The number of halogens is 1. The first-order valence-corrected chi connectivity index (χ1v) is 10.6. The number of nitrogens with zero attached hydrogens (tertiary/aromatic N) is 2. The Kier molecular flexibility index (Phi) is 5.72. The summed E-state index contributed by atoms with van der Waals surface area (Å²) in [6.45, 7) is 0.604. The SMILES string of the molecule is CN(c1ccc2[nH]cc(CCN=CNc3cccc(Cl)c3)c2c1)S(C)(=O)=O. The van der Waals surface area contributed by atoms with Gasteiger partial charge >= 0.3 is 0 Å². The van der Waals surface area contributed by atoms with Gasteiger partial charge in [0.15, 0.2) is 0 Å². The zero-order chi connectivity index (χ0) is 19.4. The highest BCUT2D eigenvalue weighted by Gasteiger charge is 2.13. The molecular weight excluding hydrogens is 384 g/mol. The van der Waals surface area contributed by atoms with Gasteiger partial charge in [-0.3, -0.25) is 9.30 Å². The molecule has 3 rings (SSSR count). The van der Waals surface area contributed by atoms with Gasteiger partial charge in [-0.05, 0) is 48.4 Å². The van der Waals surface area contributed by atoms with Crippen molar-refractivity contribution in [3.8, 4) is 0 Å². The highest BCUT2D eigenvalue weighted by Crippen LogP contribution is 2.25. The standard InChI is InChI=1S/C19H21ClN4O2S/c1-24(27(2,25)26)17-6-7-19-18(11-17)14(12-22-19)8-9-21-13-23-16-5-3-4-15(20)10-16/h3-7,10-13,22H,8-9H2,1-2H3,(H,21,23). The number of aromatic amines is 1. The molecule has 0 aliphatic carbocycles. The predicted octanol–water partition coefficient (Wildman–Crippen LogP) is 3.90. The molecule has 0 fully saturated rings. The summed E-state index contributed by atoms with van der Waals surface area (Å²) in [6.07, 6.45) is 5.52. The van der Waals surface area contributed by atoms with Crippen LogP contribution in [0.3, 0.4) is 0 Å². The molecule has 0 saturated carbocycles. The zero-order valence-corrected chi connectivity index (χ0v) is 16.7. The lowest BCUT2D eigenvalue weighted by molar-refractivity contribution is 0.600. The van der Waals surface area contributed by atoms with Crippen molar-refractivity contribution >= 4 is 50.2 Å². The van der Waals surface area contributed by atoms with Crippen molar-refractivity contribution in [3.63, 3.8) is 0 Å². The van der Waals surface area contributed by atoms with Crippen LogP contribution in [0.4, 0.5) is 11.4 Å². The van der Waals surface area contributed by atoms with E-state index < -0.39 is 10.0 Å². The number of benzene rings is 2.